The third kappa shape index (κ3) is 6.93. The number of nitrogens with one attached hydrogen (secondary N) is 3. The molecule has 168 valence electrons. The summed E-state index contributed by atoms with van der Waals surface area (Å²) in [7, 11) is 0. The molecular weight excluding hydrogens is 418 g/mol. The van der Waals surface area contributed by atoms with Crippen molar-refractivity contribution < 1.29 is 14.4 Å². The Hall–Kier alpha value is -4.23. The van der Waals surface area contributed by atoms with Gasteiger partial charge in [0.1, 0.15) is 6.54 Å². The highest BCUT2D eigenvalue weighted by molar-refractivity contribution is 6.02. The van der Waals surface area contributed by atoms with Crippen molar-refractivity contribution in [2.75, 3.05) is 38.5 Å². The van der Waals surface area contributed by atoms with Crippen LogP contribution in [0.25, 0.3) is 0 Å². The van der Waals surface area contributed by atoms with Gasteiger partial charge in [-0.25, -0.2) is 0 Å². The maximum atomic E-state index is 12.9. The predicted octanol–water partition coefficient (Wildman–Crippen LogP) is -1.09. The average Bonchev–Trinajstić information content (AvgIpc) is 3.47. The Balaban J connectivity index is 1.51. The van der Waals surface area contributed by atoms with E-state index >= 15 is 0 Å². The highest BCUT2D eigenvalue weighted by Gasteiger charge is 2.17. The monoisotopic (exact) mass is 441 g/mol. The minimum Gasteiger partial charge on any atom is -0.399 e. The summed E-state index contributed by atoms with van der Waals surface area (Å²) in [6, 6.07) is 6.53. The molecule has 2 aromatic rings. The summed E-state index contributed by atoms with van der Waals surface area (Å²) in [6.07, 6.45) is 0.0754. The van der Waals surface area contributed by atoms with Gasteiger partial charge in [-0.05, 0) is 29.5 Å². The van der Waals surface area contributed by atoms with Gasteiger partial charge in [0.2, 0.25) is 11.8 Å². The Morgan fingerprint density at radius 2 is 1.72 bits per heavy atom. The lowest BCUT2D eigenvalue weighted by Gasteiger charge is -2.23. The minimum absolute atomic E-state index is 0.0269. The molecule has 0 unspecified atom stereocenters. The number of amides is 3. The van der Waals surface area contributed by atoms with Crippen LogP contribution in [0.4, 0.5) is 5.69 Å². The fourth-order valence-electron chi connectivity index (χ4n) is 2.83. The number of benzene rings is 1. The molecule has 1 aliphatic rings. The molecule has 2 heterocycles. The van der Waals surface area contributed by atoms with Crippen LogP contribution in [0.5, 0.6) is 0 Å². The number of nitrogen functional groups attached to an aromatic ring is 1. The smallest absolute Gasteiger partial charge is 0.253 e. The van der Waals surface area contributed by atoms with Crippen LogP contribution in [-0.4, -0.2) is 81.7 Å². The van der Waals surface area contributed by atoms with Gasteiger partial charge in [-0.1, -0.05) is 5.21 Å². The molecule has 32 heavy (non-hydrogen) atoms. The molecule has 0 bridgehead atoms. The Bertz CT molecular complexity index is 986. The van der Waals surface area contributed by atoms with Gasteiger partial charge < -0.3 is 21.3 Å². The van der Waals surface area contributed by atoms with E-state index in [9.17, 15) is 14.4 Å². The third-order valence-corrected chi connectivity index (χ3v) is 4.43. The van der Waals surface area contributed by atoms with Crippen molar-refractivity contribution in [3.63, 3.8) is 0 Å². The molecule has 0 saturated heterocycles. The lowest BCUT2D eigenvalue weighted by Crippen LogP contribution is -2.43. The predicted molar refractivity (Wildman–Crippen MR) is 112 cm³/mol. The first kappa shape index (κ1) is 22.5. The Kier molecular flexibility index (Phi) is 7.89. The van der Waals surface area contributed by atoms with Crippen LogP contribution in [-0.2, 0) is 16.0 Å². The first-order valence-electron chi connectivity index (χ1n) is 9.84. The zero-order chi connectivity index (χ0) is 22.8. The minimum atomic E-state index is -0.298. The Morgan fingerprint density at radius 1 is 1.03 bits per heavy atom. The largest absolute Gasteiger partial charge is 0.399 e. The van der Waals surface area contributed by atoms with Crippen molar-refractivity contribution in [3.05, 3.63) is 35.7 Å². The summed E-state index contributed by atoms with van der Waals surface area (Å²) in [5.74, 6) is -0.506. The second-order valence-corrected chi connectivity index (χ2v) is 6.85. The summed E-state index contributed by atoms with van der Waals surface area (Å²) in [4.78, 5) is 38.5. The first-order chi connectivity index (χ1) is 15.5. The van der Waals surface area contributed by atoms with E-state index in [1.165, 1.54) is 4.90 Å². The molecule has 1 aromatic heterocycles. The van der Waals surface area contributed by atoms with Gasteiger partial charge in [0.25, 0.3) is 5.91 Å². The van der Waals surface area contributed by atoms with Gasteiger partial charge in [-0.15, -0.1) is 15.3 Å². The van der Waals surface area contributed by atoms with Gasteiger partial charge >= 0.3 is 0 Å². The number of hydrogen-bond donors (Lipinski definition) is 4. The number of carbonyl (C=O) groups is 3. The molecule has 14 nitrogen and oxygen atoms in total. The van der Waals surface area contributed by atoms with Crippen molar-refractivity contribution in [1.82, 2.24) is 36.2 Å². The standard InChI is InChI=1S/C18H23N11O3/c19-13-3-1-12(2-4-13)18(32)29(7-5-20-16(30)9-14-11-22-26-23-14)8-6-21-17(31)10-15-24-27-28-25-15/h1-4H,5-11,19H2,(H,20,30)(H,21,31)(H,24,25,27,28). The van der Waals surface area contributed by atoms with Crippen LogP contribution in [0.1, 0.15) is 22.6 Å². The zero-order valence-electron chi connectivity index (χ0n) is 17.2. The van der Waals surface area contributed by atoms with E-state index in [0.717, 1.165) is 0 Å². The fourth-order valence-corrected chi connectivity index (χ4v) is 2.83. The molecular formula is C18H23N11O3. The van der Waals surface area contributed by atoms with Gasteiger partial charge in [-0.2, -0.15) is 10.3 Å². The van der Waals surface area contributed by atoms with Crippen LogP contribution in [0.3, 0.4) is 0 Å². The summed E-state index contributed by atoms with van der Waals surface area (Å²) >= 11 is 0. The number of tetrazole rings is 1. The lowest BCUT2D eigenvalue weighted by molar-refractivity contribution is -0.121. The number of anilines is 1. The topological polar surface area (TPSA) is 196 Å². The summed E-state index contributed by atoms with van der Waals surface area (Å²) < 4.78 is 0. The van der Waals surface area contributed by atoms with Crippen molar-refractivity contribution in [3.8, 4) is 0 Å². The van der Waals surface area contributed by atoms with Crippen LogP contribution in [0.2, 0.25) is 0 Å². The molecule has 0 radical (unpaired) electrons. The zero-order valence-corrected chi connectivity index (χ0v) is 17.2. The SMILES string of the molecule is Nc1ccc(C(=O)N(CCNC(=O)CC2=NN=NC2)CCNC(=O)Cc2nn[nH]n2)cc1. The second-order valence-electron chi connectivity index (χ2n) is 6.85. The summed E-state index contributed by atoms with van der Waals surface area (Å²) in [5.41, 5.74) is 7.27. The highest BCUT2D eigenvalue weighted by Crippen LogP contribution is 2.08. The van der Waals surface area contributed by atoms with Crippen LogP contribution in [0, 0.1) is 0 Å². The van der Waals surface area contributed by atoms with Gasteiger partial charge in [0.05, 0.1) is 18.6 Å². The molecule has 0 atom stereocenters. The number of nitrogens with zero attached hydrogens (tertiary/aromatic N) is 7. The quantitative estimate of drug-likeness (QED) is 0.318. The van der Waals surface area contributed by atoms with Crippen molar-refractivity contribution >= 4 is 29.1 Å². The van der Waals surface area contributed by atoms with Gasteiger partial charge in [0.15, 0.2) is 5.82 Å². The van der Waals surface area contributed by atoms with Crippen LogP contribution < -0.4 is 16.4 Å². The number of carbonyl (C=O) groups excluding carboxylic acids is 3. The molecule has 5 N–H and O–H groups in total. The summed E-state index contributed by atoms with van der Waals surface area (Å²) in [6.45, 7) is 1.25. The van der Waals surface area contributed by atoms with E-state index in [4.69, 9.17) is 5.73 Å². The van der Waals surface area contributed by atoms with Gasteiger partial charge in [-0.3, -0.25) is 14.4 Å². The van der Waals surface area contributed by atoms with E-state index < -0.39 is 0 Å². The highest BCUT2D eigenvalue weighted by atomic mass is 16.2. The molecule has 1 aromatic carbocycles. The van der Waals surface area contributed by atoms with E-state index in [1.54, 1.807) is 24.3 Å². The van der Waals surface area contributed by atoms with Gasteiger partial charge in [0, 0.05) is 37.4 Å². The normalized spacial score (nSPS) is 12.3. The second kappa shape index (κ2) is 11.2. The van der Waals surface area contributed by atoms with Crippen molar-refractivity contribution in [2.24, 2.45) is 15.4 Å². The number of hydrogen-bond acceptors (Lipinski definition) is 10. The Morgan fingerprint density at radius 3 is 2.31 bits per heavy atom. The lowest BCUT2D eigenvalue weighted by atomic mass is 10.2. The van der Waals surface area contributed by atoms with E-state index in [0.29, 0.717) is 23.5 Å². The maximum Gasteiger partial charge on any atom is 0.253 e. The molecule has 1 aliphatic heterocycles. The molecule has 0 saturated carbocycles. The first-order valence-corrected chi connectivity index (χ1v) is 9.84. The van der Waals surface area contributed by atoms with E-state index in [1.807, 2.05) is 0 Å². The fraction of sp³-hybridized carbons (Fsp3) is 0.389. The number of nitrogens with two attached hydrogens (primary N) is 1. The van der Waals surface area contributed by atoms with Crippen molar-refractivity contribution in [1.29, 1.82) is 0 Å². The van der Waals surface area contributed by atoms with Crippen LogP contribution >= 0.6 is 0 Å². The molecule has 0 aliphatic carbocycles. The number of aromatic nitrogens is 4. The van der Waals surface area contributed by atoms with E-state index in [-0.39, 0.29) is 62.6 Å². The molecule has 3 amide bonds. The van der Waals surface area contributed by atoms with Crippen molar-refractivity contribution in [2.45, 2.75) is 12.8 Å². The maximum absolute atomic E-state index is 12.9. The average molecular weight is 441 g/mol. The van der Waals surface area contributed by atoms with Crippen LogP contribution in [0.15, 0.2) is 39.7 Å². The summed E-state index contributed by atoms with van der Waals surface area (Å²) in [5, 5.41) is 29.5. The third-order valence-electron chi connectivity index (χ3n) is 4.43. The Labute approximate surface area is 182 Å². The number of rotatable bonds is 11. The number of H-pyrrole nitrogens is 1. The van der Waals surface area contributed by atoms with E-state index in [2.05, 4.69) is 46.7 Å². The molecule has 0 fully saturated rings. The molecule has 14 heteroatoms. The molecule has 3 rings (SSSR count). The number of aromatic amines is 1. The molecule has 0 spiro atoms.